The van der Waals surface area contributed by atoms with Gasteiger partial charge in [-0.3, -0.25) is 9.80 Å². The number of nitrogens with one attached hydrogen (secondary N) is 2. The van der Waals surface area contributed by atoms with E-state index in [9.17, 15) is 0 Å². The standard InChI is InChI=1S/C9H16N4/c1-9-4-12-2-7(8(9)11-10)3-13(5-9)6-12/h7H,2-6,10H2,1H3/p+2/b11-8-. The minimum absolute atomic E-state index is 0.318. The molecule has 0 aromatic rings. The molecule has 72 valence electrons. The molecule has 0 radical (unpaired) electrons. The van der Waals surface area contributed by atoms with Crippen LogP contribution in [0.3, 0.4) is 0 Å². The fourth-order valence-electron chi connectivity index (χ4n) is 3.83. The second-order valence-corrected chi connectivity index (χ2v) is 5.21. The van der Waals surface area contributed by atoms with Gasteiger partial charge >= 0.3 is 0 Å². The van der Waals surface area contributed by atoms with Crippen LogP contribution in [0.25, 0.3) is 0 Å². The predicted molar refractivity (Wildman–Crippen MR) is 49.5 cm³/mol. The van der Waals surface area contributed by atoms with E-state index >= 15 is 0 Å². The van der Waals surface area contributed by atoms with Gasteiger partial charge in [0.25, 0.3) is 0 Å². The molecule has 4 saturated heterocycles. The normalized spacial score (nSPS) is 56.1. The second-order valence-electron chi connectivity index (χ2n) is 5.21. The number of nitrogens with zero attached hydrogens (tertiary/aromatic N) is 1. The van der Waals surface area contributed by atoms with Crippen molar-refractivity contribution in [3.05, 3.63) is 0 Å². The number of hydrogen-bond acceptors (Lipinski definition) is 2. The molecule has 4 aliphatic heterocycles. The van der Waals surface area contributed by atoms with Crippen LogP contribution in [0.2, 0.25) is 0 Å². The van der Waals surface area contributed by atoms with E-state index in [-0.39, 0.29) is 0 Å². The van der Waals surface area contributed by atoms with Gasteiger partial charge in [0, 0.05) is 0 Å². The molecule has 4 aliphatic rings. The maximum atomic E-state index is 5.51. The van der Waals surface area contributed by atoms with Gasteiger partial charge in [-0.05, 0) is 6.92 Å². The van der Waals surface area contributed by atoms with Crippen molar-refractivity contribution in [1.29, 1.82) is 0 Å². The van der Waals surface area contributed by atoms with Gasteiger partial charge in [0.15, 0.2) is 0 Å². The van der Waals surface area contributed by atoms with Crippen molar-refractivity contribution in [1.82, 2.24) is 0 Å². The van der Waals surface area contributed by atoms with Crippen LogP contribution in [-0.4, -0.2) is 38.6 Å². The zero-order valence-electron chi connectivity index (χ0n) is 8.14. The van der Waals surface area contributed by atoms with E-state index in [0.717, 1.165) is 0 Å². The van der Waals surface area contributed by atoms with Crippen molar-refractivity contribution < 1.29 is 9.80 Å². The lowest BCUT2D eigenvalue weighted by molar-refractivity contribution is -1.13. The quantitative estimate of drug-likeness (QED) is 0.267. The van der Waals surface area contributed by atoms with Crippen LogP contribution in [0.1, 0.15) is 6.92 Å². The Morgan fingerprint density at radius 1 is 1.38 bits per heavy atom. The summed E-state index contributed by atoms with van der Waals surface area (Å²) in [6.45, 7) is 8.71. The van der Waals surface area contributed by atoms with E-state index in [1.165, 1.54) is 38.6 Å². The first kappa shape index (κ1) is 7.76. The summed E-state index contributed by atoms with van der Waals surface area (Å²) in [5.74, 6) is 6.19. The third kappa shape index (κ3) is 0.901. The average Bonchev–Trinajstić information content (AvgIpc) is 2.00. The number of quaternary nitrogens is 2. The SMILES string of the molecule is CC12C[NH+]3CC(C[NH+](C3)C1)/C2=N/N. The molecule has 4 heterocycles. The highest BCUT2D eigenvalue weighted by Crippen LogP contribution is 2.26. The molecule has 13 heavy (non-hydrogen) atoms. The monoisotopic (exact) mass is 182 g/mol. The summed E-state index contributed by atoms with van der Waals surface area (Å²) < 4.78 is 0. The molecule has 0 amide bonds. The molecule has 4 heteroatoms. The second kappa shape index (κ2) is 2.25. The Kier molecular flexibility index (Phi) is 1.34. The molecule has 0 aromatic carbocycles. The molecule has 4 nitrogen and oxygen atoms in total. The summed E-state index contributed by atoms with van der Waals surface area (Å²) >= 11 is 0. The van der Waals surface area contributed by atoms with Crippen molar-refractivity contribution in [3.63, 3.8) is 0 Å². The minimum atomic E-state index is 0.318. The number of nitrogens with two attached hydrogens (primary N) is 1. The van der Waals surface area contributed by atoms with E-state index in [4.69, 9.17) is 5.84 Å². The Morgan fingerprint density at radius 3 is 2.46 bits per heavy atom. The van der Waals surface area contributed by atoms with Crippen molar-refractivity contribution in [2.45, 2.75) is 6.92 Å². The van der Waals surface area contributed by atoms with Crippen LogP contribution in [0.4, 0.5) is 0 Å². The largest absolute Gasteiger partial charge is 0.323 e. The first-order valence-electron chi connectivity index (χ1n) is 5.17. The van der Waals surface area contributed by atoms with Gasteiger partial charge in [-0.15, -0.1) is 0 Å². The van der Waals surface area contributed by atoms with E-state index in [0.29, 0.717) is 11.3 Å². The van der Waals surface area contributed by atoms with Crippen LogP contribution in [-0.2, 0) is 0 Å². The molecule has 4 N–H and O–H groups in total. The molecule has 0 aromatic heterocycles. The van der Waals surface area contributed by atoms with Crippen LogP contribution in [0.5, 0.6) is 0 Å². The van der Waals surface area contributed by atoms with Gasteiger partial charge in [0.1, 0.15) is 5.41 Å². The van der Waals surface area contributed by atoms with Gasteiger partial charge in [-0.25, -0.2) is 0 Å². The number of hydrogen-bond donors (Lipinski definition) is 3. The summed E-state index contributed by atoms with van der Waals surface area (Å²) in [7, 11) is 0. The third-order valence-corrected chi connectivity index (χ3v) is 3.99. The smallest absolute Gasteiger partial charge is 0.204 e. The summed E-state index contributed by atoms with van der Waals surface area (Å²) in [5.41, 5.74) is 1.62. The number of rotatable bonds is 0. The summed E-state index contributed by atoms with van der Waals surface area (Å²) in [6, 6.07) is 0. The highest BCUT2D eigenvalue weighted by atomic mass is 15.4. The summed E-state index contributed by atoms with van der Waals surface area (Å²) in [5, 5.41) is 4.05. The van der Waals surface area contributed by atoms with Crippen LogP contribution in [0, 0.1) is 11.3 Å². The van der Waals surface area contributed by atoms with Crippen molar-refractivity contribution in [2.24, 2.45) is 22.3 Å². The van der Waals surface area contributed by atoms with Crippen molar-refractivity contribution in [2.75, 3.05) is 32.8 Å². The van der Waals surface area contributed by atoms with Gasteiger partial charge in [0.2, 0.25) is 6.67 Å². The topological polar surface area (TPSA) is 47.3 Å². The average molecular weight is 182 g/mol. The van der Waals surface area contributed by atoms with E-state index in [1.54, 1.807) is 9.80 Å². The molecule has 0 aliphatic carbocycles. The highest BCUT2D eigenvalue weighted by molar-refractivity contribution is 5.93. The molecule has 0 saturated carbocycles. The van der Waals surface area contributed by atoms with Gasteiger partial charge < -0.3 is 5.84 Å². The van der Waals surface area contributed by atoms with Gasteiger partial charge in [-0.2, -0.15) is 5.10 Å². The van der Waals surface area contributed by atoms with E-state index in [2.05, 4.69) is 12.0 Å². The zero-order chi connectivity index (χ0) is 9.05. The van der Waals surface area contributed by atoms with E-state index < -0.39 is 0 Å². The van der Waals surface area contributed by atoms with Crippen molar-refractivity contribution >= 4 is 5.71 Å². The molecule has 0 spiro atoms. The lowest BCUT2D eigenvalue weighted by Gasteiger charge is -2.52. The highest BCUT2D eigenvalue weighted by Gasteiger charge is 2.57. The first-order valence-corrected chi connectivity index (χ1v) is 5.17. The summed E-state index contributed by atoms with van der Waals surface area (Å²) in [4.78, 5) is 3.51. The van der Waals surface area contributed by atoms with E-state index in [1.807, 2.05) is 0 Å². The number of piperidine rings is 2. The maximum absolute atomic E-state index is 5.51. The molecule has 4 rings (SSSR count). The Morgan fingerprint density at radius 2 is 2.00 bits per heavy atom. The molecular weight excluding hydrogens is 164 g/mol. The lowest BCUT2D eigenvalue weighted by Crippen LogP contribution is -3.40. The Hall–Kier alpha value is -0.610. The molecule has 2 unspecified atom stereocenters. The van der Waals surface area contributed by atoms with Crippen LogP contribution >= 0.6 is 0 Å². The zero-order valence-corrected chi connectivity index (χ0v) is 8.14. The molecular formula is C9H18N4+2. The van der Waals surface area contributed by atoms with Gasteiger partial charge in [-0.1, -0.05) is 0 Å². The number of hydrazone groups is 1. The predicted octanol–water partition coefficient (Wildman–Crippen LogP) is -3.31. The van der Waals surface area contributed by atoms with Crippen molar-refractivity contribution in [3.8, 4) is 0 Å². The maximum Gasteiger partial charge on any atom is 0.204 e. The Bertz CT molecular complexity index is 259. The van der Waals surface area contributed by atoms with Crippen LogP contribution in [0.15, 0.2) is 5.10 Å². The molecule has 4 bridgehead atoms. The van der Waals surface area contributed by atoms with Gasteiger partial charge in [0.05, 0.1) is 37.8 Å². The minimum Gasteiger partial charge on any atom is -0.323 e. The summed E-state index contributed by atoms with van der Waals surface area (Å²) in [6.07, 6.45) is 0. The fraction of sp³-hybridized carbons (Fsp3) is 0.889. The first-order chi connectivity index (χ1) is 6.21. The Balaban J connectivity index is 2.03. The molecule has 4 fully saturated rings. The molecule has 2 atom stereocenters. The lowest BCUT2D eigenvalue weighted by atomic mass is 9.70. The van der Waals surface area contributed by atoms with Crippen LogP contribution < -0.4 is 15.6 Å². The fourth-order valence-corrected chi connectivity index (χ4v) is 3.83. The third-order valence-electron chi connectivity index (χ3n) is 3.99. The Labute approximate surface area is 78.4 Å².